The second-order valence-corrected chi connectivity index (χ2v) is 6.56. The predicted molar refractivity (Wildman–Crippen MR) is 99.8 cm³/mol. The van der Waals surface area contributed by atoms with E-state index in [1.807, 2.05) is 0 Å². The maximum Gasteiger partial charge on any atom is 0.248 e. The highest BCUT2D eigenvalue weighted by Crippen LogP contribution is 2.30. The van der Waals surface area contributed by atoms with Crippen LogP contribution in [0.15, 0.2) is 47.5 Å². The summed E-state index contributed by atoms with van der Waals surface area (Å²) in [4.78, 5) is 18.1. The summed E-state index contributed by atoms with van der Waals surface area (Å²) in [5.41, 5.74) is 1.32. The SMILES string of the molecule is O=C1CN=C(c2ccccc2F)c2cc(Cl)ccc2N1CC(O)C(O)CO. The van der Waals surface area contributed by atoms with E-state index in [2.05, 4.69) is 4.99 Å². The van der Waals surface area contributed by atoms with E-state index in [9.17, 15) is 19.4 Å². The van der Waals surface area contributed by atoms with Gasteiger partial charge in [-0.25, -0.2) is 4.39 Å². The number of benzodiazepines with no additional fused rings is 1. The highest BCUT2D eigenvalue weighted by molar-refractivity contribution is 6.32. The molecule has 2 aromatic rings. The molecular formula is C19H18ClFN2O4. The molecule has 3 rings (SSSR count). The lowest BCUT2D eigenvalue weighted by molar-refractivity contribution is -0.117. The van der Waals surface area contributed by atoms with E-state index in [1.165, 1.54) is 11.0 Å². The molecule has 142 valence electrons. The summed E-state index contributed by atoms with van der Waals surface area (Å²) in [5.74, 6) is -0.923. The molecular weight excluding hydrogens is 375 g/mol. The van der Waals surface area contributed by atoms with Crippen molar-refractivity contribution in [1.82, 2.24) is 0 Å². The zero-order valence-corrected chi connectivity index (χ0v) is 15.0. The van der Waals surface area contributed by atoms with Gasteiger partial charge < -0.3 is 20.2 Å². The van der Waals surface area contributed by atoms with Crippen LogP contribution in [-0.2, 0) is 4.79 Å². The van der Waals surface area contributed by atoms with Gasteiger partial charge in [0.25, 0.3) is 0 Å². The first-order valence-corrected chi connectivity index (χ1v) is 8.66. The van der Waals surface area contributed by atoms with Gasteiger partial charge >= 0.3 is 0 Å². The van der Waals surface area contributed by atoms with Crippen LogP contribution in [0.3, 0.4) is 0 Å². The Balaban J connectivity index is 2.10. The third-order valence-electron chi connectivity index (χ3n) is 4.31. The van der Waals surface area contributed by atoms with Crippen LogP contribution in [0.25, 0.3) is 0 Å². The zero-order chi connectivity index (χ0) is 19.6. The molecule has 0 fully saturated rings. The molecule has 6 nitrogen and oxygen atoms in total. The number of halogens is 2. The first-order valence-electron chi connectivity index (χ1n) is 8.29. The molecule has 0 saturated heterocycles. The Morgan fingerprint density at radius 3 is 2.59 bits per heavy atom. The van der Waals surface area contributed by atoms with Gasteiger partial charge in [0.15, 0.2) is 0 Å². The lowest BCUT2D eigenvalue weighted by atomic mass is 9.99. The number of β-amino-alcohol motifs (C(OH)–C–C–N with tert-alkyl or cyclic N) is 1. The molecule has 2 unspecified atom stereocenters. The predicted octanol–water partition coefficient (Wildman–Crippen LogP) is 1.38. The van der Waals surface area contributed by atoms with E-state index in [0.717, 1.165) is 0 Å². The van der Waals surface area contributed by atoms with E-state index in [0.29, 0.717) is 16.3 Å². The van der Waals surface area contributed by atoms with Gasteiger partial charge in [0.05, 0.1) is 24.6 Å². The number of benzene rings is 2. The molecule has 0 radical (unpaired) electrons. The number of hydrogen-bond acceptors (Lipinski definition) is 5. The van der Waals surface area contributed by atoms with Crippen molar-refractivity contribution in [2.45, 2.75) is 12.2 Å². The average Bonchev–Trinajstić information content (AvgIpc) is 2.78. The van der Waals surface area contributed by atoms with Crippen molar-refractivity contribution in [2.24, 2.45) is 4.99 Å². The molecule has 2 atom stereocenters. The summed E-state index contributed by atoms with van der Waals surface area (Å²) < 4.78 is 14.3. The standard InChI is InChI=1S/C19H18ClFN2O4/c20-11-5-6-15-13(7-11)19(12-3-1-2-4-14(12)21)22-8-18(27)23(15)9-16(25)17(26)10-24/h1-7,16-17,24-26H,8-10H2. The normalized spacial score (nSPS) is 16.4. The maximum atomic E-state index is 14.3. The number of carbonyl (C=O) groups excluding carboxylic acids is 1. The van der Waals surface area contributed by atoms with Crippen molar-refractivity contribution in [3.05, 3.63) is 64.4 Å². The Bertz CT molecular complexity index is 890. The van der Waals surface area contributed by atoms with Crippen molar-refractivity contribution in [3.8, 4) is 0 Å². The van der Waals surface area contributed by atoms with Crippen LogP contribution >= 0.6 is 11.6 Å². The minimum absolute atomic E-state index is 0.228. The second-order valence-electron chi connectivity index (χ2n) is 6.13. The van der Waals surface area contributed by atoms with Crippen molar-refractivity contribution in [1.29, 1.82) is 0 Å². The van der Waals surface area contributed by atoms with Gasteiger partial charge in [-0.3, -0.25) is 9.79 Å². The molecule has 1 heterocycles. The molecule has 3 N–H and O–H groups in total. The van der Waals surface area contributed by atoms with Crippen molar-refractivity contribution in [3.63, 3.8) is 0 Å². The van der Waals surface area contributed by atoms with E-state index in [1.54, 1.807) is 36.4 Å². The quantitative estimate of drug-likeness (QED) is 0.716. The lowest BCUT2D eigenvalue weighted by Gasteiger charge is -2.27. The topological polar surface area (TPSA) is 93.4 Å². The molecule has 0 bridgehead atoms. The molecule has 0 aromatic heterocycles. The largest absolute Gasteiger partial charge is 0.394 e. The number of anilines is 1. The van der Waals surface area contributed by atoms with Crippen molar-refractivity contribution < 1.29 is 24.5 Å². The third kappa shape index (κ3) is 4.01. The molecule has 1 amide bonds. The molecule has 0 spiro atoms. The van der Waals surface area contributed by atoms with Gasteiger partial charge in [0.2, 0.25) is 5.91 Å². The minimum atomic E-state index is -1.40. The van der Waals surface area contributed by atoms with E-state index in [4.69, 9.17) is 16.7 Å². The van der Waals surface area contributed by atoms with Gasteiger partial charge in [-0.2, -0.15) is 0 Å². The number of rotatable bonds is 5. The van der Waals surface area contributed by atoms with Crippen LogP contribution in [0, 0.1) is 5.82 Å². The van der Waals surface area contributed by atoms with E-state index >= 15 is 0 Å². The Hall–Kier alpha value is -2.32. The number of hydrogen-bond donors (Lipinski definition) is 3. The molecule has 0 aliphatic carbocycles. The lowest BCUT2D eigenvalue weighted by Crippen LogP contribution is -2.44. The second kappa shape index (κ2) is 8.14. The number of amides is 1. The van der Waals surface area contributed by atoms with Crippen LogP contribution in [-0.4, -0.2) is 58.8 Å². The van der Waals surface area contributed by atoms with Gasteiger partial charge in [0, 0.05) is 16.1 Å². The van der Waals surface area contributed by atoms with Crippen LogP contribution < -0.4 is 4.90 Å². The summed E-state index contributed by atoms with van der Waals surface area (Å²) in [7, 11) is 0. The van der Waals surface area contributed by atoms with Gasteiger partial charge in [-0.05, 0) is 30.3 Å². The highest BCUT2D eigenvalue weighted by atomic mass is 35.5. The number of carbonyl (C=O) groups is 1. The van der Waals surface area contributed by atoms with Crippen molar-refractivity contribution >= 4 is 28.9 Å². The fourth-order valence-electron chi connectivity index (χ4n) is 2.90. The van der Waals surface area contributed by atoms with Gasteiger partial charge in [0.1, 0.15) is 24.6 Å². The maximum absolute atomic E-state index is 14.3. The van der Waals surface area contributed by atoms with Crippen LogP contribution in [0.5, 0.6) is 0 Å². The average molecular weight is 393 g/mol. The Labute approximate surface area is 160 Å². The fraction of sp³-hybridized carbons (Fsp3) is 0.263. The van der Waals surface area contributed by atoms with Crippen LogP contribution in [0.4, 0.5) is 10.1 Å². The molecule has 8 heteroatoms. The first kappa shape index (κ1) is 19.4. The molecule has 0 saturated carbocycles. The number of fused-ring (bicyclic) bond motifs is 1. The monoisotopic (exact) mass is 392 g/mol. The summed E-state index contributed by atoms with van der Waals surface area (Å²) in [6.45, 7) is -1.17. The Morgan fingerprint density at radius 2 is 1.89 bits per heavy atom. The summed E-state index contributed by atoms with van der Waals surface area (Å²) >= 11 is 6.11. The van der Waals surface area contributed by atoms with Crippen molar-refractivity contribution in [2.75, 3.05) is 24.6 Å². The molecule has 1 aliphatic rings. The number of aliphatic hydroxyl groups excluding tert-OH is 3. The first-order chi connectivity index (χ1) is 12.9. The van der Waals surface area contributed by atoms with Gasteiger partial charge in [-0.15, -0.1) is 0 Å². The smallest absolute Gasteiger partial charge is 0.248 e. The summed E-state index contributed by atoms with van der Waals surface area (Å²) in [6.07, 6.45) is -2.76. The highest BCUT2D eigenvalue weighted by Gasteiger charge is 2.29. The number of aliphatic imine (C=N–C) groups is 1. The molecule has 2 aromatic carbocycles. The fourth-order valence-corrected chi connectivity index (χ4v) is 3.07. The van der Waals surface area contributed by atoms with Crippen LogP contribution in [0.1, 0.15) is 11.1 Å². The Kier molecular flexibility index (Phi) is 5.86. The number of nitrogens with zero attached hydrogens (tertiary/aromatic N) is 2. The summed E-state index contributed by atoms with van der Waals surface area (Å²) in [5, 5.41) is 29.1. The van der Waals surface area contributed by atoms with E-state index < -0.39 is 30.5 Å². The van der Waals surface area contributed by atoms with E-state index in [-0.39, 0.29) is 24.4 Å². The van der Waals surface area contributed by atoms with Gasteiger partial charge in [-0.1, -0.05) is 23.7 Å². The summed E-state index contributed by atoms with van der Waals surface area (Å²) in [6, 6.07) is 10.8. The number of aliphatic hydroxyl groups is 3. The molecule has 1 aliphatic heterocycles. The van der Waals surface area contributed by atoms with Crippen LogP contribution in [0.2, 0.25) is 5.02 Å². The minimum Gasteiger partial charge on any atom is -0.394 e. The Morgan fingerprint density at radius 1 is 1.15 bits per heavy atom. The third-order valence-corrected chi connectivity index (χ3v) is 4.54. The zero-order valence-electron chi connectivity index (χ0n) is 14.2. The molecule has 27 heavy (non-hydrogen) atoms.